The monoisotopic (exact) mass is 253 g/mol. The molecule has 1 unspecified atom stereocenters. The number of carboxylic acid groups (broad SMARTS) is 1. The van der Waals surface area contributed by atoms with Crippen molar-refractivity contribution in [2.24, 2.45) is 0 Å². The standard InChI is InChI=1S/C12H15NO5/c1-2-9(11(15)16)13-12(17)18-7-8-5-3-4-6-10(8)14/h3-6,9,14H,2,7H2,1H3,(H,13,17)(H,15,16). The van der Waals surface area contributed by atoms with Crippen molar-refractivity contribution in [1.29, 1.82) is 0 Å². The highest BCUT2D eigenvalue weighted by molar-refractivity contribution is 5.79. The summed E-state index contributed by atoms with van der Waals surface area (Å²) in [6.07, 6.45) is -0.561. The normalized spacial score (nSPS) is 11.6. The SMILES string of the molecule is CCC(NC(=O)OCc1ccccc1O)C(=O)O. The zero-order valence-corrected chi connectivity index (χ0v) is 9.92. The number of aromatic hydroxyl groups is 1. The third-order valence-electron chi connectivity index (χ3n) is 2.35. The molecule has 1 aromatic carbocycles. The molecule has 0 fully saturated rings. The number of phenolic OH excluding ortho intramolecular Hbond substituents is 1. The number of hydrogen-bond donors (Lipinski definition) is 3. The van der Waals surface area contributed by atoms with Gasteiger partial charge in [0.05, 0.1) is 0 Å². The lowest BCUT2D eigenvalue weighted by atomic mass is 10.2. The van der Waals surface area contributed by atoms with Crippen LogP contribution in [0.2, 0.25) is 0 Å². The number of rotatable bonds is 5. The van der Waals surface area contributed by atoms with Crippen molar-refractivity contribution >= 4 is 12.1 Å². The molecule has 0 spiro atoms. The van der Waals surface area contributed by atoms with Gasteiger partial charge in [-0.2, -0.15) is 0 Å². The second kappa shape index (κ2) is 6.48. The van der Waals surface area contributed by atoms with E-state index in [1.165, 1.54) is 6.07 Å². The summed E-state index contributed by atoms with van der Waals surface area (Å²) in [5.74, 6) is -1.09. The van der Waals surface area contributed by atoms with Crippen LogP contribution in [0, 0.1) is 0 Å². The maximum atomic E-state index is 11.3. The molecule has 98 valence electrons. The third kappa shape index (κ3) is 3.97. The first kappa shape index (κ1) is 13.8. The van der Waals surface area contributed by atoms with E-state index in [1.54, 1.807) is 25.1 Å². The molecule has 18 heavy (non-hydrogen) atoms. The van der Waals surface area contributed by atoms with Gasteiger partial charge in [0.25, 0.3) is 0 Å². The first-order valence-electron chi connectivity index (χ1n) is 5.47. The van der Waals surface area contributed by atoms with Crippen LogP contribution in [0.5, 0.6) is 5.75 Å². The molecule has 6 heteroatoms. The number of carbonyl (C=O) groups excluding carboxylic acids is 1. The third-order valence-corrected chi connectivity index (χ3v) is 2.35. The maximum Gasteiger partial charge on any atom is 0.408 e. The zero-order valence-electron chi connectivity index (χ0n) is 9.92. The summed E-state index contributed by atoms with van der Waals surface area (Å²) in [4.78, 5) is 22.0. The Kier molecular flexibility index (Phi) is 4.98. The predicted octanol–water partition coefficient (Wildman–Crippen LogP) is 1.48. The molecule has 0 saturated heterocycles. The Morgan fingerprint density at radius 3 is 2.61 bits per heavy atom. The van der Waals surface area contributed by atoms with Crippen LogP contribution in [0.1, 0.15) is 18.9 Å². The van der Waals surface area contributed by atoms with Gasteiger partial charge in [0.2, 0.25) is 0 Å². The van der Waals surface area contributed by atoms with E-state index < -0.39 is 18.1 Å². The van der Waals surface area contributed by atoms with Gasteiger partial charge in [-0.25, -0.2) is 9.59 Å². The van der Waals surface area contributed by atoms with E-state index in [0.717, 1.165) is 0 Å². The van der Waals surface area contributed by atoms with Gasteiger partial charge in [-0.3, -0.25) is 0 Å². The molecule has 0 aliphatic carbocycles. The number of carbonyl (C=O) groups is 2. The lowest BCUT2D eigenvalue weighted by Gasteiger charge is -2.12. The Bertz CT molecular complexity index is 432. The first-order valence-corrected chi connectivity index (χ1v) is 5.47. The number of hydrogen-bond acceptors (Lipinski definition) is 4. The highest BCUT2D eigenvalue weighted by atomic mass is 16.5. The van der Waals surface area contributed by atoms with E-state index >= 15 is 0 Å². The minimum absolute atomic E-state index is 0.0237. The Labute approximate surface area is 104 Å². The molecule has 0 aliphatic heterocycles. The van der Waals surface area contributed by atoms with Crippen LogP contribution in [-0.2, 0) is 16.1 Å². The Morgan fingerprint density at radius 2 is 2.06 bits per heavy atom. The Hall–Kier alpha value is -2.24. The quantitative estimate of drug-likeness (QED) is 0.738. The smallest absolute Gasteiger partial charge is 0.408 e. The fraction of sp³-hybridized carbons (Fsp3) is 0.333. The van der Waals surface area contributed by atoms with E-state index in [4.69, 9.17) is 9.84 Å². The number of carboxylic acids is 1. The molecule has 0 aliphatic rings. The van der Waals surface area contributed by atoms with E-state index in [0.29, 0.717) is 5.56 Å². The molecular formula is C12H15NO5. The molecule has 1 amide bonds. The number of nitrogens with one attached hydrogen (secondary N) is 1. The van der Waals surface area contributed by atoms with Crippen molar-refractivity contribution in [3.05, 3.63) is 29.8 Å². The lowest BCUT2D eigenvalue weighted by molar-refractivity contribution is -0.139. The first-order chi connectivity index (χ1) is 8.54. The predicted molar refractivity (Wildman–Crippen MR) is 63.1 cm³/mol. The number of amides is 1. The molecule has 0 bridgehead atoms. The van der Waals surface area contributed by atoms with Crippen LogP contribution in [-0.4, -0.2) is 28.3 Å². The second-order valence-corrected chi connectivity index (χ2v) is 3.65. The fourth-order valence-electron chi connectivity index (χ4n) is 1.30. The average Bonchev–Trinajstić information content (AvgIpc) is 2.34. The van der Waals surface area contributed by atoms with Crippen LogP contribution in [0.3, 0.4) is 0 Å². The molecule has 1 atom stereocenters. The molecule has 0 saturated carbocycles. The summed E-state index contributed by atoms with van der Waals surface area (Å²) in [6, 6.07) is 5.46. The minimum Gasteiger partial charge on any atom is -0.508 e. The van der Waals surface area contributed by atoms with Gasteiger partial charge >= 0.3 is 12.1 Å². The van der Waals surface area contributed by atoms with Crippen LogP contribution in [0.15, 0.2) is 24.3 Å². The van der Waals surface area contributed by atoms with Gasteiger partial charge in [0.1, 0.15) is 18.4 Å². The molecule has 0 radical (unpaired) electrons. The Morgan fingerprint density at radius 1 is 1.39 bits per heavy atom. The molecular weight excluding hydrogens is 238 g/mol. The van der Waals surface area contributed by atoms with Gasteiger partial charge < -0.3 is 20.3 Å². The summed E-state index contributed by atoms with van der Waals surface area (Å²) in [6.45, 7) is 1.52. The average molecular weight is 253 g/mol. The summed E-state index contributed by atoms with van der Waals surface area (Å²) < 4.78 is 4.82. The molecule has 0 aromatic heterocycles. The minimum atomic E-state index is -1.11. The summed E-state index contributed by atoms with van der Waals surface area (Å²) >= 11 is 0. The van der Waals surface area contributed by atoms with Crippen LogP contribution >= 0.6 is 0 Å². The topological polar surface area (TPSA) is 95.9 Å². The van der Waals surface area contributed by atoms with Crippen molar-refractivity contribution in [3.8, 4) is 5.75 Å². The number of para-hydroxylation sites is 1. The van der Waals surface area contributed by atoms with E-state index in [1.807, 2.05) is 0 Å². The van der Waals surface area contributed by atoms with Gasteiger partial charge in [0, 0.05) is 5.56 Å². The summed E-state index contributed by atoms with van der Waals surface area (Å²) in [7, 11) is 0. The zero-order chi connectivity index (χ0) is 13.5. The van der Waals surface area contributed by atoms with Crippen molar-refractivity contribution in [1.82, 2.24) is 5.32 Å². The van der Waals surface area contributed by atoms with Crippen molar-refractivity contribution < 1.29 is 24.5 Å². The highest BCUT2D eigenvalue weighted by Gasteiger charge is 2.18. The lowest BCUT2D eigenvalue weighted by Crippen LogP contribution is -2.40. The van der Waals surface area contributed by atoms with Crippen molar-refractivity contribution in [2.75, 3.05) is 0 Å². The van der Waals surface area contributed by atoms with E-state index in [-0.39, 0.29) is 18.8 Å². The summed E-state index contributed by atoms with van der Waals surface area (Å²) in [5.41, 5.74) is 0.455. The largest absolute Gasteiger partial charge is 0.508 e. The summed E-state index contributed by atoms with van der Waals surface area (Å²) in [5, 5.41) is 20.4. The van der Waals surface area contributed by atoms with Crippen LogP contribution in [0.4, 0.5) is 4.79 Å². The van der Waals surface area contributed by atoms with E-state index in [2.05, 4.69) is 5.32 Å². The number of benzene rings is 1. The van der Waals surface area contributed by atoms with Gasteiger partial charge in [-0.15, -0.1) is 0 Å². The Balaban J connectivity index is 2.47. The molecule has 1 aromatic rings. The van der Waals surface area contributed by atoms with Crippen LogP contribution in [0.25, 0.3) is 0 Å². The van der Waals surface area contributed by atoms with Gasteiger partial charge in [-0.1, -0.05) is 25.1 Å². The van der Waals surface area contributed by atoms with Crippen molar-refractivity contribution in [3.63, 3.8) is 0 Å². The number of aliphatic carboxylic acids is 1. The van der Waals surface area contributed by atoms with Crippen LogP contribution < -0.4 is 5.32 Å². The van der Waals surface area contributed by atoms with Gasteiger partial charge in [-0.05, 0) is 12.5 Å². The molecule has 1 rings (SSSR count). The molecule has 6 nitrogen and oxygen atoms in total. The number of ether oxygens (including phenoxy) is 1. The highest BCUT2D eigenvalue weighted by Crippen LogP contribution is 2.16. The second-order valence-electron chi connectivity index (χ2n) is 3.65. The number of phenols is 1. The van der Waals surface area contributed by atoms with Crippen molar-refractivity contribution in [2.45, 2.75) is 26.0 Å². The maximum absolute atomic E-state index is 11.3. The molecule has 0 heterocycles. The number of alkyl carbamates (subject to hydrolysis) is 1. The fourth-order valence-corrected chi connectivity index (χ4v) is 1.30. The van der Waals surface area contributed by atoms with Gasteiger partial charge in [0.15, 0.2) is 0 Å². The van der Waals surface area contributed by atoms with E-state index in [9.17, 15) is 14.7 Å². The molecule has 3 N–H and O–H groups in total.